The molecule has 3 N–H and O–H groups in total. The van der Waals surface area contributed by atoms with Crippen LogP contribution in [0, 0.1) is 11.3 Å². The Kier molecular flexibility index (Phi) is 2.12. The van der Waals surface area contributed by atoms with Crippen molar-refractivity contribution in [2.75, 3.05) is 5.32 Å². The number of nitriles is 1. The third-order valence-corrected chi connectivity index (χ3v) is 2.39. The number of aliphatic hydroxyl groups is 2. The molecular formula is C10H10N2O2. The number of para-hydroxylation sites is 1. The summed E-state index contributed by atoms with van der Waals surface area (Å²) >= 11 is 0. The molecule has 72 valence electrons. The van der Waals surface area contributed by atoms with E-state index in [1.807, 2.05) is 12.1 Å². The molecule has 2 rings (SSSR count). The van der Waals surface area contributed by atoms with Crippen LogP contribution in [0.25, 0.3) is 0 Å². The Morgan fingerprint density at radius 2 is 2.00 bits per heavy atom. The largest absolute Gasteiger partial charge is 0.387 e. The topological polar surface area (TPSA) is 76.3 Å². The fourth-order valence-electron chi connectivity index (χ4n) is 1.61. The van der Waals surface area contributed by atoms with Crippen LogP contribution in [0.2, 0.25) is 0 Å². The highest BCUT2D eigenvalue weighted by Crippen LogP contribution is 2.32. The lowest BCUT2D eigenvalue weighted by atomic mass is 9.93. The zero-order valence-electron chi connectivity index (χ0n) is 7.38. The van der Waals surface area contributed by atoms with Crippen molar-refractivity contribution in [1.82, 2.24) is 0 Å². The minimum Gasteiger partial charge on any atom is -0.387 e. The Morgan fingerprint density at radius 3 is 2.71 bits per heavy atom. The molecule has 1 aromatic rings. The van der Waals surface area contributed by atoms with Crippen molar-refractivity contribution in [3.05, 3.63) is 29.8 Å². The summed E-state index contributed by atoms with van der Waals surface area (Å²) in [6, 6.07) is 8.24. The third-order valence-electron chi connectivity index (χ3n) is 2.39. The summed E-state index contributed by atoms with van der Waals surface area (Å²) < 4.78 is 0. The van der Waals surface area contributed by atoms with E-state index in [4.69, 9.17) is 5.26 Å². The summed E-state index contributed by atoms with van der Waals surface area (Å²) in [5.41, 5.74) is 1.34. The maximum Gasteiger partial charge on any atom is 0.143 e. The van der Waals surface area contributed by atoms with Crippen LogP contribution in [-0.2, 0) is 0 Å². The van der Waals surface area contributed by atoms with E-state index in [1.165, 1.54) is 0 Å². The molecule has 0 aromatic heterocycles. The van der Waals surface area contributed by atoms with Crippen molar-refractivity contribution in [2.24, 2.45) is 0 Å². The molecule has 4 nitrogen and oxygen atoms in total. The average molecular weight is 190 g/mol. The molecule has 1 unspecified atom stereocenters. The SMILES string of the molecule is N#C[C@H]1Nc2ccccc2[C@@H](O)C1O. The maximum atomic E-state index is 9.69. The van der Waals surface area contributed by atoms with Gasteiger partial charge in [-0.2, -0.15) is 5.26 Å². The summed E-state index contributed by atoms with van der Waals surface area (Å²) in [6.07, 6.45) is -2.06. The zero-order chi connectivity index (χ0) is 10.1. The van der Waals surface area contributed by atoms with Gasteiger partial charge in [0.1, 0.15) is 18.2 Å². The second-order valence-corrected chi connectivity index (χ2v) is 3.27. The van der Waals surface area contributed by atoms with Gasteiger partial charge in [0.05, 0.1) is 6.07 Å². The summed E-state index contributed by atoms with van der Waals surface area (Å²) in [7, 11) is 0. The van der Waals surface area contributed by atoms with Gasteiger partial charge in [-0.3, -0.25) is 0 Å². The lowest BCUT2D eigenvalue weighted by Crippen LogP contribution is -2.41. The number of aliphatic hydroxyl groups excluding tert-OH is 2. The number of anilines is 1. The summed E-state index contributed by atoms with van der Waals surface area (Å²) in [6.45, 7) is 0. The molecule has 3 atom stereocenters. The first-order valence-electron chi connectivity index (χ1n) is 4.35. The monoisotopic (exact) mass is 190 g/mol. The molecule has 0 saturated carbocycles. The summed E-state index contributed by atoms with van der Waals surface area (Å²) in [5.74, 6) is 0. The molecule has 1 aliphatic rings. The minimum atomic E-state index is -1.07. The molecule has 4 heteroatoms. The number of nitrogens with one attached hydrogen (secondary N) is 1. The number of rotatable bonds is 0. The van der Waals surface area contributed by atoms with E-state index in [0.717, 1.165) is 0 Å². The predicted molar refractivity (Wildman–Crippen MR) is 50.4 cm³/mol. The first kappa shape index (κ1) is 9.00. The van der Waals surface area contributed by atoms with Gasteiger partial charge in [-0.05, 0) is 6.07 Å². The number of hydrogen-bond acceptors (Lipinski definition) is 4. The van der Waals surface area contributed by atoms with Gasteiger partial charge in [0.2, 0.25) is 0 Å². The molecule has 0 saturated heterocycles. The highest BCUT2D eigenvalue weighted by Gasteiger charge is 2.33. The predicted octanol–water partition coefficient (Wildman–Crippen LogP) is 0.399. The molecule has 1 aliphatic heterocycles. The van der Waals surface area contributed by atoms with Crippen LogP contribution < -0.4 is 5.32 Å². The van der Waals surface area contributed by atoms with Crippen LogP contribution in [0.3, 0.4) is 0 Å². The van der Waals surface area contributed by atoms with E-state index in [2.05, 4.69) is 5.32 Å². The Hall–Kier alpha value is -1.57. The minimum absolute atomic E-state index is 0.631. The average Bonchev–Trinajstić information content (AvgIpc) is 2.23. The van der Waals surface area contributed by atoms with Crippen molar-refractivity contribution in [3.8, 4) is 6.07 Å². The highest BCUT2D eigenvalue weighted by atomic mass is 16.3. The first-order chi connectivity index (χ1) is 6.74. The molecule has 0 spiro atoms. The molecule has 1 aromatic carbocycles. The normalized spacial score (nSPS) is 29.9. The maximum absolute atomic E-state index is 9.69. The fraction of sp³-hybridized carbons (Fsp3) is 0.300. The number of benzene rings is 1. The van der Waals surface area contributed by atoms with E-state index in [1.54, 1.807) is 18.2 Å². The van der Waals surface area contributed by atoms with E-state index >= 15 is 0 Å². The van der Waals surface area contributed by atoms with Crippen LogP contribution in [0.15, 0.2) is 24.3 Å². The lowest BCUT2D eigenvalue weighted by Gasteiger charge is -2.31. The first-order valence-corrected chi connectivity index (χ1v) is 4.35. The summed E-state index contributed by atoms with van der Waals surface area (Å²) in [4.78, 5) is 0. The van der Waals surface area contributed by atoms with Crippen LogP contribution in [0.1, 0.15) is 11.7 Å². The quantitative estimate of drug-likeness (QED) is 0.553. The van der Waals surface area contributed by atoms with Crippen LogP contribution in [0.4, 0.5) is 5.69 Å². The molecule has 0 aliphatic carbocycles. The van der Waals surface area contributed by atoms with E-state index < -0.39 is 18.2 Å². The van der Waals surface area contributed by atoms with E-state index in [0.29, 0.717) is 11.3 Å². The van der Waals surface area contributed by atoms with Crippen molar-refractivity contribution in [3.63, 3.8) is 0 Å². The van der Waals surface area contributed by atoms with Gasteiger partial charge in [0.25, 0.3) is 0 Å². The Labute approximate surface area is 81.4 Å². The molecule has 1 heterocycles. The standard InChI is InChI=1S/C10H10N2O2/c11-5-8-10(14)9(13)6-3-1-2-4-7(6)12-8/h1-4,8-10,12-14H/t8-,9-,10?/m1/s1. The van der Waals surface area contributed by atoms with Gasteiger partial charge in [-0.25, -0.2) is 0 Å². The zero-order valence-corrected chi connectivity index (χ0v) is 7.38. The van der Waals surface area contributed by atoms with Gasteiger partial charge < -0.3 is 15.5 Å². The molecule has 0 bridgehead atoms. The van der Waals surface area contributed by atoms with Gasteiger partial charge in [0.15, 0.2) is 0 Å². The molecular weight excluding hydrogens is 180 g/mol. The van der Waals surface area contributed by atoms with Crippen molar-refractivity contribution >= 4 is 5.69 Å². The molecule has 0 radical (unpaired) electrons. The van der Waals surface area contributed by atoms with E-state index in [-0.39, 0.29) is 0 Å². The number of hydrogen-bond donors (Lipinski definition) is 3. The van der Waals surface area contributed by atoms with Crippen molar-refractivity contribution < 1.29 is 10.2 Å². The van der Waals surface area contributed by atoms with Crippen LogP contribution in [0.5, 0.6) is 0 Å². The number of fused-ring (bicyclic) bond motifs is 1. The van der Waals surface area contributed by atoms with E-state index in [9.17, 15) is 10.2 Å². The van der Waals surface area contributed by atoms with Gasteiger partial charge >= 0.3 is 0 Å². The second kappa shape index (κ2) is 3.29. The smallest absolute Gasteiger partial charge is 0.143 e. The number of nitrogens with zero attached hydrogens (tertiary/aromatic N) is 1. The van der Waals surface area contributed by atoms with Gasteiger partial charge in [0, 0.05) is 11.3 Å². The fourth-order valence-corrected chi connectivity index (χ4v) is 1.61. The molecule has 0 fully saturated rings. The molecule has 0 amide bonds. The highest BCUT2D eigenvalue weighted by molar-refractivity contribution is 5.57. The third kappa shape index (κ3) is 1.23. The van der Waals surface area contributed by atoms with Crippen LogP contribution >= 0.6 is 0 Å². The Morgan fingerprint density at radius 1 is 1.29 bits per heavy atom. The molecule has 14 heavy (non-hydrogen) atoms. The van der Waals surface area contributed by atoms with Crippen LogP contribution in [-0.4, -0.2) is 22.4 Å². The summed E-state index contributed by atoms with van der Waals surface area (Å²) in [5, 5.41) is 30.8. The Balaban J connectivity index is 2.43. The van der Waals surface area contributed by atoms with Gasteiger partial charge in [-0.1, -0.05) is 18.2 Å². The van der Waals surface area contributed by atoms with Crippen molar-refractivity contribution in [1.29, 1.82) is 5.26 Å². The van der Waals surface area contributed by atoms with Crippen molar-refractivity contribution in [2.45, 2.75) is 18.2 Å². The Bertz CT molecular complexity index is 386. The second-order valence-electron chi connectivity index (χ2n) is 3.27. The lowest BCUT2D eigenvalue weighted by molar-refractivity contribution is 0.0120. The van der Waals surface area contributed by atoms with Gasteiger partial charge in [-0.15, -0.1) is 0 Å².